The largest absolute Gasteiger partial charge is 0.348 e. The highest BCUT2D eigenvalue weighted by atomic mass is 19.1. The number of likely N-dealkylation sites (tertiary alicyclic amines) is 1. The van der Waals surface area contributed by atoms with Crippen molar-refractivity contribution in [1.29, 1.82) is 0 Å². The maximum Gasteiger partial charge on any atom is 0.348 e. The smallest absolute Gasteiger partial charge is 0.342 e. The van der Waals surface area contributed by atoms with Gasteiger partial charge in [-0.2, -0.15) is 5.10 Å². The monoisotopic (exact) mass is 471 g/mol. The summed E-state index contributed by atoms with van der Waals surface area (Å²) in [6.07, 6.45) is 5.08. The minimum atomic E-state index is -0.492. The van der Waals surface area contributed by atoms with Crippen LogP contribution in [0.15, 0.2) is 53.5 Å². The summed E-state index contributed by atoms with van der Waals surface area (Å²) in [4.78, 5) is 31.4. The molecule has 1 unspecified atom stereocenters. The van der Waals surface area contributed by atoms with Gasteiger partial charge in [-0.3, -0.25) is 9.78 Å². The number of rotatable bonds is 5. The molecule has 2 aromatic carbocycles. The highest BCUT2D eigenvalue weighted by Gasteiger charge is 2.37. The zero-order valence-corrected chi connectivity index (χ0v) is 19.5. The van der Waals surface area contributed by atoms with E-state index in [2.05, 4.69) is 15.2 Å². The Morgan fingerprint density at radius 2 is 2.03 bits per heavy atom. The molecule has 1 aliphatic carbocycles. The van der Waals surface area contributed by atoms with Gasteiger partial charge in [-0.25, -0.2) is 18.9 Å². The molecule has 3 heterocycles. The number of halogens is 1. The third kappa shape index (κ3) is 4.03. The van der Waals surface area contributed by atoms with Gasteiger partial charge in [0.15, 0.2) is 0 Å². The van der Waals surface area contributed by atoms with Crippen molar-refractivity contribution in [2.45, 2.75) is 32.6 Å². The predicted molar refractivity (Wildman–Crippen MR) is 131 cm³/mol. The Kier molecular flexibility index (Phi) is 5.24. The maximum absolute atomic E-state index is 15.5. The molecule has 1 saturated carbocycles. The lowest BCUT2D eigenvalue weighted by Gasteiger charge is -2.16. The Labute approximate surface area is 201 Å². The number of hydrogen-bond donors (Lipinski definition) is 1. The van der Waals surface area contributed by atoms with E-state index in [1.165, 1.54) is 10.6 Å². The van der Waals surface area contributed by atoms with Crippen molar-refractivity contribution in [1.82, 2.24) is 24.6 Å². The van der Waals surface area contributed by atoms with Crippen LogP contribution in [0.5, 0.6) is 0 Å². The minimum Gasteiger partial charge on any atom is -0.342 e. The lowest BCUT2D eigenvalue weighted by molar-refractivity contribution is -0.131. The summed E-state index contributed by atoms with van der Waals surface area (Å²) >= 11 is 0. The van der Waals surface area contributed by atoms with Crippen LogP contribution in [0, 0.1) is 24.6 Å². The second-order valence-electron chi connectivity index (χ2n) is 9.73. The summed E-state index contributed by atoms with van der Waals surface area (Å²) in [6, 6.07) is 12.9. The predicted octanol–water partition coefficient (Wildman–Crippen LogP) is 4.02. The molecule has 2 aliphatic rings. The quantitative estimate of drug-likeness (QED) is 0.477. The van der Waals surface area contributed by atoms with Crippen LogP contribution < -0.4 is 5.69 Å². The standard InChI is InChI=1S/C27H26FN5O2/c1-16-11-24(22(28)14-21(16)20-7-4-18-3-2-9-29-23(18)13-20)33-25(30-31-27(33)35)12-17-8-10-32(15-17)26(34)19-5-6-19/h2-4,7,9,11,13-14,17,19H,5-6,8,10,12,15H2,1H3,(H,31,35). The molecule has 1 atom stereocenters. The third-order valence-corrected chi connectivity index (χ3v) is 7.19. The fourth-order valence-electron chi connectivity index (χ4n) is 5.14. The molecule has 0 spiro atoms. The van der Waals surface area contributed by atoms with Gasteiger partial charge in [-0.05, 0) is 73.1 Å². The topological polar surface area (TPSA) is 83.9 Å². The van der Waals surface area contributed by atoms with Gasteiger partial charge in [0.05, 0.1) is 11.2 Å². The highest BCUT2D eigenvalue weighted by Crippen LogP contribution is 2.34. The molecule has 4 aromatic rings. The summed E-state index contributed by atoms with van der Waals surface area (Å²) in [7, 11) is 0. The molecule has 1 aliphatic heterocycles. The Bertz CT molecular complexity index is 1500. The second-order valence-corrected chi connectivity index (χ2v) is 9.73. The summed E-state index contributed by atoms with van der Waals surface area (Å²) in [6.45, 7) is 3.30. The van der Waals surface area contributed by atoms with Crippen LogP contribution in [0.2, 0.25) is 0 Å². The molecule has 2 aromatic heterocycles. The lowest BCUT2D eigenvalue weighted by atomic mass is 9.98. The SMILES string of the molecule is Cc1cc(-n2c(CC3CCN(C(=O)C4CC4)C3)n[nH]c2=O)c(F)cc1-c1ccc2cccnc2c1. The van der Waals surface area contributed by atoms with Gasteiger partial charge < -0.3 is 4.90 Å². The number of nitrogens with zero attached hydrogens (tertiary/aromatic N) is 4. The van der Waals surface area contributed by atoms with Crippen LogP contribution >= 0.6 is 0 Å². The Morgan fingerprint density at radius 3 is 2.86 bits per heavy atom. The van der Waals surface area contributed by atoms with E-state index in [-0.39, 0.29) is 23.4 Å². The number of H-pyrrole nitrogens is 1. The van der Waals surface area contributed by atoms with E-state index < -0.39 is 11.5 Å². The molecule has 1 N–H and O–H groups in total. The minimum absolute atomic E-state index is 0.183. The molecule has 0 radical (unpaired) electrons. The Morgan fingerprint density at radius 1 is 1.17 bits per heavy atom. The number of aromatic amines is 1. The van der Waals surface area contributed by atoms with Crippen LogP contribution in [0.1, 0.15) is 30.7 Å². The number of amides is 1. The van der Waals surface area contributed by atoms with Crippen LogP contribution in [0.4, 0.5) is 4.39 Å². The molecule has 178 valence electrons. The average Bonchev–Trinajstić information content (AvgIpc) is 3.51. The van der Waals surface area contributed by atoms with E-state index in [9.17, 15) is 9.59 Å². The van der Waals surface area contributed by atoms with Crippen LogP contribution in [-0.2, 0) is 11.2 Å². The first-order valence-corrected chi connectivity index (χ1v) is 12.1. The van der Waals surface area contributed by atoms with Gasteiger partial charge in [0.2, 0.25) is 5.91 Å². The van der Waals surface area contributed by atoms with Crippen molar-refractivity contribution in [3.8, 4) is 16.8 Å². The van der Waals surface area contributed by atoms with E-state index in [0.29, 0.717) is 18.8 Å². The van der Waals surface area contributed by atoms with Crippen LogP contribution in [-0.4, -0.2) is 43.6 Å². The van der Waals surface area contributed by atoms with Crippen molar-refractivity contribution in [2.75, 3.05) is 13.1 Å². The lowest BCUT2D eigenvalue weighted by Crippen LogP contribution is -2.30. The molecule has 8 heteroatoms. The molecule has 1 amide bonds. The molecular weight excluding hydrogens is 445 g/mol. The number of fused-ring (bicyclic) bond motifs is 1. The van der Waals surface area contributed by atoms with E-state index in [1.807, 2.05) is 42.2 Å². The summed E-state index contributed by atoms with van der Waals surface area (Å²) < 4.78 is 16.8. The summed E-state index contributed by atoms with van der Waals surface area (Å²) in [5, 5.41) is 7.71. The van der Waals surface area contributed by atoms with Crippen molar-refractivity contribution >= 4 is 16.8 Å². The van der Waals surface area contributed by atoms with Crippen LogP contribution in [0.3, 0.4) is 0 Å². The molecule has 0 bridgehead atoms. The molecule has 6 rings (SSSR count). The second kappa shape index (κ2) is 8.45. The molecule has 1 saturated heterocycles. The average molecular weight is 472 g/mol. The van der Waals surface area contributed by atoms with Gasteiger partial charge in [0, 0.05) is 37.0 Å². The number of nitrogens with one attached hydrogen (secondary N) is 1. The fourth-order valence-corrected chi connectivity index (χ4v) is 5.14. The Balaban J connectivity index is 1.29. The fraction of sp³-hybridized carbons (Fsp3) is 0.333. The van der Waals surface area contributed by atoms with Crippen LogP contribution in [0.25, 0.3) is 27.7 Å². The van der Waals surface area contributed by atoms with Gasteiger partial charge in [-0.15, -0.1) is 0 Å². The maximum atomic E-state index is 15.5. The van der Waals surface area contributed by atoms with E-state index >= 15 is 4.39 Å². The third-order valence-electron chi connectivity index (χ3n) is 7.19. The van der Waals surface area contributed by atoms with E-state index in [0.717, 1.165) is 53.4 Å². The molecular formula is C27H26FN5O2. The molecule has 2 fully saturated rings. The number of carbonyl (C=O) groups excluding carboxylic acids is 1. The van der Waals surface area contributed by atoms with Crippen molar-refractivity contribution < 1.29 is 9.18 Å². The normalized spacial score (nSPS) is 17.9. The van der Waals surface area contributed by atoms with E-state index in [1.54, 1.807) is 12.3 Å². The van der Waals surface area contributed by atoms with Gasteiger partial charge in [0.25, 0.3) is 0 Å². The van der Waals surface area contributed by atoms with Crippen molar-refractivity contribution in [2.24, 2.45) is 11.8 Å². The van der Waals surface area contributed by atoms with Crippen molar-refractivity contribution in [3.05, 3.63) is 76.4 Å². The molecule has 35 heavy (non-hydrogen) atoms. The first kappa shape index (κ1) is 21.7. The first-order chi connectivity index (χ1) is 17.0. The number of benzene rings is 2. The van der Waals surface area contributed by atoms with Gasteiger partial charge in [0.1, 0.15) is 11.6 Å². The van der Waals surface area contributed by atoms with E-state index in [4.69, 9.17) is 0 Å². The number of aryl methyl sites for hydroxylation is 1. The zero-order valence-electron chi connectivity index (χ0n) is 19.5. The summed E-state index contributed by atoms with van der Waals surface area (Å²) in [5.74, 6) is 0.634. The van der Waals surface area contributed by atoms with Gasteiger partial charge >= 0.3 is 5.69 Å². The number of aromatic nitrogens is 4. The summed E-state index contributed by atoms with van der Waals surface area (Å²) in [5.41, 5.74) is 3.02. The zero-order chi connectivity index (χ0) is 24.1. The number of hydrogen-bond acceptors (Lipinski definition) is 4. The Hall–Kier alpha value is -3.81. The van der Waals surface area contributed by atoms with Crippen molar-refractivity contribution in [3.63, 3.8) is 0 Å². The molecule has 7 nitrogen and oxygen atoms in total. The first-order valence-electron chi connectivity index (χ1n) is 12.1. The highest BCUT2D eigenvalue weighted by molar-refractivity contribution is 5.85. The number of carbonyl (C=O) groups is 1. The number of pyridine rings is 1. The van der Waals surface area contributed by atoms with Gasteiger partial charge in [-0.1, -0.05) is 18.2 Å².